The molecule has 1 aromatic rings. The van der Waals surface area contributed by atoms with Crippen LogP contribution in [0.15, 0.2) is 16.9 Å². The SMILES string of the molecule is Cc1cc(C(C)(C)C)cnc1Br. The smallest absolute Gasteiger partial charge is 0.108 e. The number of aromatic nitrogens is 1. The molecule has 1 nitrogen and oxygen atoms in total. The molecule has 0 aliphatic rings. The molecule has 0 bridgehead atoms. The van der Waals surface area contributed by atoms with Crippen LogP contribution < -0.4 is 0 Å². The van der Waals surface area contributed by atoms with Gasteiger partial charge in [0.1, 0.15) is 4.60 Å². The first-order valence-corrected chi connectivity index (χ1v) is 4.83. The lowest BCUT2D eigenvalue weighted by molar-refractivity contribution is 0.586. The van der Waals surface area contributed by atoms with Crippen molar-refractivity contribution < 1.29 is 0 Å². The zero-order valence-electron chi connectivity index (χ0n) is 7.98. The van der Waals surface area contributed by atoms with Gasteiger partial charge >= 0.3 is 0 Å². The zero-order chi connectivity index (χ0) is 9.35. The molecule has 0 unspecified atom stereocenters. The van der Waals surface area contributed by atoms with Crippen LogP contribution in [0.25, 0.3) is 0 Å². The van der Waals surface area contributed by atoms with Crippen molar-refractivity contribution in [2.45, 2.75) is 33.1 Å². The van der Waals surface area contributed by atoms with Gasteiger partial charge in [0.15, 0.2) is 0 Å². The Morgan fingerprint density at radius 3 is 2.33 bits per heavy atom. The van der Waals surface area contributed by atoms with Gasteiger partial charge in [-0.2, -0.15) is 0 Å². The molecular formula is C10H14BrN. The lowest BCUT2D eigenvalue weighted by Crippen LogP contribution is -2.11. The first kappa shape index (κ1) is 9.72. The molecule has 0 fully saturated rings. The summed E-state index contributed by atoms with van der Waals surface area (Å²) in [5.74, 6) is 0. The summed E-state index contributed by atoms with van der Waals surface area (Å²) < 4.78 is 0.940. The summed E-state index contributed by atoms with van der Waals surface area (Å²) in [6.45, 7) is 8.64. The Balaban J connectivity index is 3.14. The van der Waals surface area contributed by atoms with Crippen LogP contribution in [0.2, 0.25) is 0 Å². The highest BCUT2D eigenvalue weighted by atomic mass is 79.9. The van der Waals surface area contributed by atoms with Gasteiger partial charge in [0, 0.05) is 6.20 Å². The van der Waals surface area contributed by atoms with Crippen molar-refractivity contribution in [3.63, 3.8) is 0 Å². The summed E-state index contributed by atoms with van der Waals surface area (Å²) in [6.07, 6.45) is 1.93. The molecule has 0 radical (unpaired) electrons. The number of hydrogen-bond acceptors (Lipinski definition) is 1. The molecule has 0 aliphatic heterocycles. The van der Waals surface area contributed by atoms with E-state index < -0.39 is 0 Å². The standard InChI is InChI=1S/C10H14BrN/c1-7-5-8(10(2,3)4)6-12-9(7)11/h5-6H,1-4H3. The number of aryl methyl sites for hydroxylation is 1. The summed E-state index contributed by atoms with van der Waals surface area (Å²) in [7, 11) is 0. The molecule has 1 heterocycles. The molecule has 0 atom stereocenters. The molecule has 66 valence electrons. The summed E-state index contributed by atoms with van der Waals surface area (Å²) in [5.41, 5.74) is 2.67. The summed E-state index contributed by atoms with van der Waals surface area (Å²) in [5, 5.41) is 0. The summed E-state index contributed by atoms with van der Waals surface area (Å²) in [4.78, 5) is 4.26. The van der Waals surface area contributed by atoms with E-state index in [0.29, 0.717) is 0 Å². The van der Waals surface area contributed by atoms with E-state index in [1.165, 1.54) is 11.1 Å². The fourth-order valence-corrected chi connectivity index (χ4v) is 1.19. The third-order valence-electron chi connectivity index (χ3n) is 1.88. The van der Waals surface area contributed by atoms with Crippen LogP contribution in [0.1, 0.15) is 31.9 Å². The Morgan fingerprint density at radius 2 is 1.92 bits per heavy atom. The number of pyridine rings is 1. The van der Waals surface area contributed by atoms with Crippen molar-refractivity contribution in [2.24, 2.45) is 0 Å². The van der Waals surface area contributed by atoms with Crippen molar-refractivity contribution in [3.8, 4) is 0 Å². The van der Waals surface area contributed by atoms with E-state index in [-0.39, 0.29) is 5.41 Å². The topological polar surface area (TPSA) is 12.9 Å². The fraction of sp³-hybridized carbons (Fsp3) is 0.500. The average Bonchev–Trinajstić information content (AvgIpc) is 1.92. The maximum atomic E-state index is 4.26. The largest absolute Gasteiger partial charge is 0.249 e. The molecule has 12 heavy (non-hydrogen) atoms. The van der Waals surface area contributed by atoms with Crippen molar-refractivity contribution in [3.05, 3.63) is 28.0 Å². The van der Waals surface area contributed by atoms with Gasteiger partial charge in [0.2, 0.25) is 0 Å². The highest BCUT2D eigenvalue weighted by molar-refractivity contribution is 9.10. The maximum Gasteiger partial charge on any atom is 0.108 e. The van der Waals surface area contributed by atoms with Gasteiger partial charge in [0.25, 0.3) is 0 Å². The van der Waals surface area contributed by atoms with Crippen LogP contribution in [0.3, 0.4) is 0 Å². The molecule has 0 saturated carbocycles. The highest BCUT2D eigenvalue weighted by Crippen LogP contribution is 2.24. The van der Waals surface area contributed by atoms with Crippen molar-refractivity contribution in [1.29, 1.82) is 0 Å². The summed E-state index contributed by atoms with van der Waals surface area (Å²) in [6, 6.07) is 2.18. The van der Waals surface area contributed by atoms with Crippen LogP contribution >= 0.6 is 15.9 Å². The molecule has 0 amide bonds. The van der Waals surface area contributed by atoms with E-state index in [1.54, 1.807) is 0 Å². The number of hydrogen-bond donors (Lipinski definition) is 0. The second-order valence-electron chi connectivity index (χ2n) is 4.08. The molecule has 0 aromatic carbocycles. The third kappa shape index (κ3) is 2.07. The predicted octanol–water partition coefficient (Wildman–Crippen LogP) is 3.45. The van der Waals surface area contributed by atoms with Gasteiger partial charge in [-0.25, -0.2) is 4.98 Å². The van der Waals surface area contributed by atoms with E-state index in [4.69, 9.17) is 0 Å². The number of nitrogens with zero attached hydrogens (tertiary/aromatic N) is 1. The van der Waals surface area contributed by atoms with Crippen LogP contribution in [0.5, 0.6) is 0 Å². The minimum absolute atomic E-state index is 0.193. The second kappa shape index (κ2) is 3.17. The molecule has 2 heteroatoms. The normalized spacial score (nSPS) is 11.8. The Hall–Kier alpha value is -0.370. The van der Waals surface area contributed by atoms with Gasteiger partial charge in [-0.15, -0.1) is 0 Å². The zero-order valence-corrected chi connectivity index (χ0v) is 9.57. The third-order valence-corrected chi connectivity index (χ3v) is 2.71. The van der Waals surface area contributed by atoms with Gasteiger partial charge < -0.3 is 0 Å². The van der Waals surface area contributed by atoms with Gasteiger partial charge in [-0.1, -0.05) is 26.8 Å². The van der Waals surface area contributed by atoms with E-state index in [9.17, 15) is 0 Å². The summed E-state index contributed by atoms with van der Waals surface area (Å²) >= 11 is 3.38. The molecule has 0 spiro atoms. The van der Waals surface area contributed by atoms with E-state index in [0.717, 1.165) is 4.60 Å². The Kier molecular flexibility index (Phi) is 2.57. The van der Waals surface area contributed by atoms with Crippen molar-refractivity contribution >= 4 is 15.9 Å². The molecule has 0 N–H and O–H groups in total. The average molecular weight is 228 g/mol. The van der Waals surface area contributed by atoms with Gasteiger partial charge in [-0.3, -0.25) is 0 Å². The molecule has 1 rings (SSSR count). The van der Waals surface area contributed by atoms with Gasteiger partial charge in [-0.05, 0) is 39.4 Å². The van der Waals surface area contributed by atoms with E-state index >= 15 is 0 Å². The Bertz CT molecular complexity index is 286. The van der Waals surface area contributed by atoms with Crippen molar-refractivity contribution in [1.82, 2.24) is 4.98 Å². The minimum Gasteiger partial charge on any atom is -0.249 e. The maximum absolute atomic E-state index is 4.26. The monoisotopic (exact) mass is 227 g/mol. The minimum atomic E-state index is 0.193. The molecule has 1 aromatic heterocycles. The predicted molar refractivity (Wildman–Crippen MR) is 55.4 cm³/mol. The fourth-order valence-electron chi connectivity index (χ4n) is 0.968. The first-order valence-electron chi connectivity index (χ1n) is 4.04. The first-order chi connectivity index (χ1) is 5.41. The lowest BCUT2D eigenvalue weighted by Gasteiger charge is -2.18. The molecular weight excluding hydrogens is 214 g/mol. The molecule has 0 aliphatic carbocycles. The second-order valence-corrected chi connectivity index (χ2v) is 4.83. The lowest BCUT2D eigenvalue weighted by atomic mass is 9.88. The highest BCUT2D eigenvalue weighted by Gasteiger charge is 2.14. The van der Waals surface area contributed by atoms with E-state index in [1.807, 2.05) is 6.20 Å². The van der Waals surface area contributed by atoms with Crippen molar-refractivity contribution in [2.75, 3.05) is 0 Å². The van der Waals surface area contributed by atoms with Gasteiger partial charge in [0.05, 0.1) is 0 Å². The Labute approximate surface area is 82.3 Å². The van der Waals surface area contributed by atoms with Crippen LogP contribution in [0.4, 0.5) is 0 Å². The van der Waals surface area contributed by atoms with E-state index in [2.05, 4.69) is 54.7 Å². The Morgan fingerprint density at radius 1 is 1.33 bits per heavy atom. The number of rotatable bonds is 0. The van der Waals surface area contributed by atoms with Crippen LogP contribution in [-0.4, -0.2) is 4.98 Å². The number of halogens is 1. The van der Waals surface area contributed by atoms with Crippen LogP contribution in [-0.2, 0) is 5.41 Å². The quantitative estimate of drug-likeness (QED) is 0.619. The van der Waals surface area contributed by atoms with Crippen LogP contribution in [0, 0.1) is 6.92 Å². The molecule has 0 saturated heterocycles.